The molecule has 0 amide bonds. The van der Waals surface area contributed by atoms with Gasteiger partial charge < -0.3 is 14.8 Å². The van der Waals surface area contributed by atoms with Crippen molar-refractivity contribution in [3.63, 3.8) is 0 Å². The largest absolute Gasteiger partial charge is 0.490 e. The van der Waals surface area contributed by atoms with E-state index < -0.39 is 0 Å². The van der Waals surface area contributed by atoms with Gasteiger partial charge in [-0.15, -0.1) is 0 Å². The van der Waals surface area contributed by atoms with Crippen molar-refractivity contribution in [3.8, 4) is 22.6 Å². The maximum Gasteiger partial charge on any atom is 0.127 e. The minimum atomic E-state index is 0.479. The number of benzene rings is 3. The van der Waals surface area contributed by atoms with Crippen molar-refractivity contribution in [2.75, 3.05) is 18.5 Å². The van der Waals surface area contributed by atoms with Crippen molar-refractivity contribution in [3.05, 3.63) is 109 Å². The summed E-state index contributed by atoms with van der Waals surface area (Å²) in [5.74, 6) is 2.56. The van der Waals surface area contributed by atoms with Gasteiger partial charge in [0, 0.05) is 18.3 Å². The van der Waals surface area contributed by atoms with Gasteiger partial charge in [0.15, 0.2) is 0 Å². The van der Waals surface area contributed by atoms with Gasteiger partial charge in [-0.3, -0.25) is 0 Å². The molecule has 4 heteroatoms. The Morgan fingerprint density at radius 3 is 2.20 bits per heavy atom. The maximum absolute atomic E-state index is 5.98. The molecule has 1 heterocycles. The van der Waals surface area contributed by atoms with Crippen LogP contribution in [0.5, 0.6) is 11.5 Å². The maximum atomic E-state index is 5.98. The zero-order valence-corrected chi connectivity index (χ0v) is 16.7. The van der Waals surface area contributed by atoms with Crippen molar-refractivity contribution >= 4 is 5.82 Å². The number of para-hydroxylation sites is 1. The van der Waals surface area contributed by atoms with E-state index in [0.717, 1.165) is 35.0 Å². The molecule has 4 aromatic rings. The standard InChI is InChI=1S/C26H24N2O2/c1-2-8-22(9-3-1)24-10-4-5-11-25(24)30-19-18-29-23-15-13-21(14-16-23)20-28-26-12-6-7-17-27-26/h1-17H,18-20H2,(H,27,28). The predicted molar refractivity (Wildman–Crippen MR) is 121 cm³/mol. The van der Waals surface area contributed by atoms with E-state index in [9.17, 15) is 0 Å². The monoisotopic (exact) mass is 396 g/mol. The quantitative estimate of drug-likeness (QED) is 0.362. The fourth-order valence-corrected chi connectivity index (χ4v) is 3.12. The van der Waals surface area contributed by atoms with E-state index in [1.165, 1.54) is 5.56 Å². The number of aromatic nitrogens is 1. The molecule has 0 aliphatic rings. The third-order valence-corrected chi connectivity index (χ3v) is 4.64. The molecule has 0 radical (unpaired) electrons. The summed E-state index contributed by atoms with van der Waals surface area (Å²) in [6, 6.07) is 32.2. The summed E-state index contributed by atoms with van der Waals surface area (Å²) in [6.07, 6.45) is 1.78. The minimum absolute atomic E-state index is 0.479. The molecule has 30 heavy (non-hydrogen) atoms. The molecular weight excluding hydrogens is 372 g/mol. The average Bonchev–Trinajstić information content (AvgIpc) is 2.83. The van der Waals surface area contributed by atoms with Crippen LogP contribution in [-0.4, -0.2) is 18.2 Å². The number of hydrogen-bond donors (Lipinski definition) is 1. The van der Waals surface area contributed by atoms with E-state index >= 15 is 0 Å². The highest BCUT2D eigenvalue weighted by molar-refractivity contribution is 5.70. The molecule has 0 aliphatic carbocycles. The first-order valence-corrected chi connectivity index (χ1v) is 10.0. The molecule has 4 rings (SSSR count). The summed E-state index contributed by atoms with van der Waals surface area (Å²) < 4.78 is 11.8. The van der Waals surface area contributed by atoms with Crippen LogP contribution >= 0.6 is 0 Å². The first-order valence-electron chi connectivity index (χ1n) is 10.0. The van der Waals surface area contributed by atoms with E-state index in [1.54, 1.807) is 6.20 Å². The van der Waals surface area contributed by atoms with E-state index in [4.69, 9.17) is 9.47 Å². The Kier molecular flexibility index (Phi) is 6.59. The highest BCUT2D eigenvalue weighted by Gasteiger charge is 2.05. The van der Waals surface area contributed by atoms with Gasteiger partial charge in [-0.25, -0.2) is 4.98 Å². The number of nitrogens with zero attached hydrogens (tertiary/aromatic N) is 1. The van der Waals surface area contributed by atoms with Crippen LogP contribution in [0.15, 0.2) is 103 Å². The summed E-state index contributed by atoms with van der Waals surface area (Å²) in [7, 11) is 0. The van der Waals surface area contributed by atoms with Gasteiger partial charge in [0.05, 0.1) is 0 Å². The molecule has 0 fully saturated rings. The smallest absolute Gasteiger partial charge is 0.127 e. The van der Waals surface area contributed by atoms with Gasteiger partial charge in [-0.2, -0.15) is 0 Å². The lowest BCUT2D eigenvalue weighted by Crippen LogP contribution is -2.09. The number of ether oxygens (including phenoxy) is 2. The zero-order valence-electron chi connectivity index (χ0n) is 16.7. The van der Waals surface area contributed by atoms with Crippen LogP contribution in [0.4, 0.5) is 5.82 Å². The molecule has 3 aromatic carbocycles. The second-order valence-electron chi connectivity index (χ2n) is 6.77. The summed E-state index contributed by atoms with van der Waals surface area (Å²) in [5.41, 5.74) is 3.40. The highest BCUT2D eigenvalue weighted by atomic mass is 16.5. The van der Waals surface area contributed by atoms with Crippen molar-refractivity contribution in [2.24, 2.45) is 0 Å². The van der Waals surface area contributed by atoms with Crippen LogP contribution in [-0.2, 0) is 6.54 Å². The van der Waals surface area contributed by atoms with Crippen LogP contribution in [0.2, 0.25) is 0 Å². The molecule has 150 valence electrons. The Balaban J connectivity index is 1.25. The number of rotatable bonds is 9. The average molecular weight is 396 g/mol. The van der Waals surface area contributed by atoms with Gasteiger partial charge in [0.2, 0.25) is 0 Å². The number of hydrogen-bond acceptors (Lipinski definition) is 4. The molecule has 0 atom stereocenters. The predicted octanol–water partition coefficient (Wildman–Crippen LogP) is 5.82. The summed E-state index contributed by atoms with van der Waals surface area (Å²) in [4.78, 5) is 4.26. The van der Waals surface area contributed by atoms with Crippen molar-refractivity contribution in [1.29, 1.82) is 0 Å². The van der Waals surface area contributed by atoms with Crippen LogP contribution in [0.1, 0.15) is 5.56 Å². The lowest BCUT2D eigenvalue weighted by molar-refractivity contribution is 0.217. The molecule has 0 saturated heterocycles. The Morgan fingerprint density at radius 2 is 1.40 bits per heavy atom. The molecule has 0 unspecified atom stereocenters. The van der Waals surface area contributed by atoms with Crippen LogP contribution in [0.3, 0.4) is 0 Å². The van der Waals surface area contributed by atoms with Crippen molar-refractivity contribution < 1.29 is 9.47 Å². The van der Waals surface area contributed by atoms with Crippen LogP contribution in [0, 0.1) is 0 Å². The van der Waals surface area contributed by atoms with Gasteiger partial charge in [-0.05, 0) is 41.5 Å². The van der Waals surface area contributed by atoms with Crippen LogP contribution < -0.4 is 14.8 Å². The van der Waals surface area contributed by atoms with Gasteiger partial charge >= 0.3 is 0 Å². The van der Waals surface area contributed by atoms with Gasteiger partial charge in [0.25, 0.3) is 0 Å². The normalized spacial score (nSPS) is 10.4. The summed E-state index contributed by atoms with van der Waals surface area (Å²) in [5, 5.41) is 3.30. The molecule has 1 N–H and O–H groups in total. The van der Waals surface area contributed by atoms with E-state index in [1.807, 2.05) is 66.7 Å². The van der Waals surface area contributed by atoms with Crippen molar-refractivity contribution in [2.45, 2.75) is 6.54 Å². The number of anilines is 1. The lowest BCUT2D eigenvalue weighted by atomic mass is 10.1. The lowest BCUT2D eigenvalue weighted by Gasteiger charge is -2.12. The number of pyridine rings is 1. The number of nitrogens with one attached hydrogen (secondary N) is 1. The van der Waals surface area contributed by atoms with Gasteiger partial charge in [-0.1, -0.05) is 66.7 Å². The first kappa shape index (κ1) is 19.5. The van der Waals surface area contributed by atoms with E-state index in [2.05, 4.69) is 40.6 Å². The molecular formula is C26H24N2O2. The highest BCUT2D eigenvalue weighted by Crippen LogP contribution is 2.29. The second kappa shape index (κ2) is 10.1. The Morgan fingerprint density at radius 1 is 0.667 bits per heavy atom. The SMILES string of the molecule is c1ccc(-c2ccccc2OCCOc2ccc(CNc3ccccn3)cc2)cc1. The third kappa shape index (κ3) is 5.39. The fourth-order valence-electron chi connectivity index (χ4n) is 3.12. The minimum Gasteiger partial charge on any atom is -0.490 e. The van der Waals surface area contributed by atoms with E-state index in [0.29, 0.717) is 13.2 Å². The molecule has 0 aliphatic heterocycles. The van der Waals surface area contributed by atoms with Crippen LogP contribution in [0.25, 0.3) is 11.1 Å². The topological polar surface area (TPSA) is 43.4 Å². The Hall–Kier alpha value is -3.79. The van der Waals surface area contributed by atoms with E-state index in [-0.39, 0.29) is 0 Å². The zero-order chi connectivity index (χ0) is 20.4. The summed E-state index contributed by atoms with van der Waals surface area (Å²) >= 11 is 0. The molecule has 1 aromatic heterocycles. The molecule has 0 bridgehead atoms. The molecule has 4 nitrogen and oxygen atoms in total. The Bertz CT molecular complexity index is 1040. The third-order valence-electron chi connectivity index (χ3n) is 4.64. The molecule has 0 spiro atoms. The van der Waals surface area contributed by atoms with Crippen molar-refractivity contribution in [1.82, 2.24) is 4.98 Å². The second-order valence-corrected chi connectivity index (χ2v) is 6.77. The summed E-state index contributed by atoms with van der Waals surface area (Å²) in [6.45, 7) is 1.68. The molecule has 0 saturated carbocycles. The Labute approximate surface area is 177 Å². The fraction of sp³-hybridized carbons (Fsp3) is 0.115. The first-order chi connectivity index (χ1) is 14.9. The van der Waals surface area contributed by atoms with Gasteiger partial charge in [0.1, 0.15) is 30.5 Å².